The molecule has 1 aliphatic heterocycles. The molecule has 0 saturated heterocycles. The number of aromatic nitrogens is 1. The Morgan fingerprint density at radius 1 is 1.17 bits per heavy atom. The van der Waals surface area contributed by atoms with Gasteiger partial charge < -0.3 is 19.8 Å². The highest BCUT2D eigenvalue weighted by molar-refractivity contribution is 5.55. The summed E-state index contributed by atoms with van der Waals surface area (Å²) in [6.07, 6.45) is 0. The highest BCUT2D eigenvalue weighted by Gasteiger charge is 2.34. The number of allylic oxidation sites excluding steroid dienone is 1. The number of nitrogens with two attached hydrogens (primary N) is 1. The number of nitriles is 1. The maximum absolute atomic E-state index is 13.6. The van der Waals surface area contributed by atoms with Gasteiger partial charge in [-0.3, -0.25) is 4.79 Å². The number of methoxy groups -OCH3 is 1. The molecule has 1 aromatic heterocycles. The fraction of sp³-hybridized carbons (Fsp3) is 0.167. The summed E-state index contributed by atoms with van der Waals surface area (Å²) < 4.78 is 12.6. The van der Waals surface area contributed by atoms with Crippen molar-refractivity contribution in [3.8, 4) is 17.6 Å². The van der Waals surface area contributed by atoms with Gasteiger partial charge in [0.1, 0.15) is 23.1 Å². The standard InChI is InChI=1S/C24H21N3O3/c1-15-12-20-22(24(28)27(15)14-16-8-10-18(29-2)11-9-16)21(17-6-4-3-5-7-17)19(13-25)23(26)30-20/h3-12,21H,14,26H2,1-2H3/t21-/m0/s1. The van der Waals surface area contributed by atoms with Crippen molar-refractivity contribution >= 4 is 0 Å². The predicted molar refractivity (Wildman–Crippen MR) is 113 cm³/mol. The Bertz CT molecular complexity index is 1220. The first kappa shape index (κ1) is 19.3. The average molecular weight is 399 g/mol. The van der Waals surface area contributed by atoms with Crippen molar-refractivity contribution in [2.24, 2.45) is 5.73 Å². The Balaban J connectivity index is 1.87. The molecule has 0 bridgehead atoms. The van der Waals surface area contributed by atoms with E-state index in [-0.39, 0.29) is 17.0 Å². The summed E-state index contributed by atoms with van der Waals surface area (Å²) in [5.41, 5.74) is 9.03. The van der Waals surface area contributed by atoms with Gasteiger partial charge in [-0.1, -0.05) is 42.5 Å². The van der Waals surface area contributed by atoms with Crippen LogP contribution in [0.15, 0.2) is 76.9 Å². The number of pyridine rings is 1. The van der Waals surface area contributed by atoms with Crippen LogP contribution in [0.5, 0.6) is 11.5 Å². The molecule has 1 aliphatic rings. The number of ether oxygens (including phenoxy) is 2. The van der Waals surface area contributed by atoms with E-state index in [0.29, 0.717) is 17.9 Å². The minimum absolute atomic E-state index is 0.0329. The largest absolute Gasteiger partial charge is 0.497 e. The van der Waals surface area contributed by atoms with Gasteiger partial charge in [-0.2, -0.15) is 5.26 Å². The van der Waals surface area contributed by atoms with Crippen molar-refractivity contribution in [1.29, 1.82) is 5.26 Å². The molecule has 2 aromatic carbocycles. The molecule has 0 spiro atoms. The third-order valence-corrected chi connectivity index (χ3v) is 5.32. The van der Waals surface area contributed by atoms with Gasteiger partial charge in [-0.25, -0.2) is 0 Å². The highest BCUT2D eigenvalue weighted by Crippen LogP contribution is 2.40. The molecular formula is C24H21N3O3. The van der Waals surface area contributed by atoms with Gasteiger partial charge in [-0.15, -0.1) is 0 Å². The van der Waals surface area contributed by atoms with E-state index in [0.717, 1.165) is 22.6 Å². The first-order valence-electron chi connectivity index (χ1n) is 9.53. The number of rotatable bonds is 4. The second-order valence-electron chi connectivity index (χ2n) is 7.14. The normalized spacial score (nSPS) is 15.2. The summed E-state index contributed by atoms with van der Waals surface area (Å²) in [7, 11) is 1.61. The van der Waals surface area contributed by atoms with Crippen LogP contribution in [0, 0.1) is 18.3 Å². The van der Waals surface area contributed by atoms with Crippen molar-refractivity contribution in [2.75, 3.05) is 7.11 Å². The van der Waals surface area contributed by atoms with E-state index in [4.69, 9.17) is 15.2 Å². The third-order valence-electron chi connectivity index (χ3n) is 5.32. The third kappa shape index (κ3) is 3.31. The molecule has 0 radical (unpaired) electrons. The lowest BCUT2D eigenvalue weighted by molar-refractivity contribution is 0.389. The number of aryl methyl sites for hydroxylation is 1. The zero-order chi connectivity index (χ0) is 21.3. The summed E-state index contributed by atoms with van der Waals surface area (Å²) in [5.74, 6) is 0.611. The minimum Gasteiger partial charge on any atom is -0.497 e. The van der Waals surface area contributed by atoms with Crippen molar-refractivity contribution in [2.45, 2.75) is 19.4 Å². The summed E-state index contributed by atoms with van der Waals surface area (Å²) in [5, 5.41) is 9.73. The Morgan fingerprint density at radius 2 is 1.87 bits per heavy atom. The van der Waals surface area contributed by atoms with Gasteiger partial charge >= 0.3 is 0 Å². The quantitative estimate of drug-likeness (QED) is 0.726. The topological polar surface area (TPSA) is 90.3 Å². The first-order chi connectivity index (χ1) is 14.5. The zero-order valence-electron chi connectivity index (χ0n) is 16.8. The van der Waals surface area contributed by atoms with Crippen molar-refractivity contribution in [3.63, 3.8) is 0 Å². The molecule has 150 valence electrons. The molecule has 30 heavy (non-hydrogen) atoms. The van der Waals surface area contributed by atoms with E-state index in [1.165, 1.54) is 0 Å². The van der Waals surface area contributed by atoms with E-state index in [2.05, 4.69) is 6.07 Å². The smallest absolute Gasteiger partial charge is 0.259 e. The summed E-state index contributed by atoms with van der Waals surface area (Å²) >= 11 is 0. The Hall–Kier alpha value is -3.98. The Kier molecular flexibility index (Phi) is 5.03. The van der Waals surface area contributed by atoms with E-state index in [1.807, 2.05) is 61.5 Å². The van der Waals surface area contributed by atoms with Crippen LogP contribution in [0.1, 0.15) is 28.3 Å². The summed E-state index contributed by atoms with van der Waals surface area (Å²) in [6, 6.07) is 20.9. The highest BCUT2D eigenvalue weighted by atomic mass is 16.5. The molecule has 0 saturated carbocycles. The molecule has 0 unspecified atom stereocenters. The second-order valence-corrected chi connectivity index (χ2v) is 7.14. The first-order valence-corrected chi connectivity index (χ1v) is 9.53. The molecule has 2 heterocycles. The maximum Gasteiger partial charge on any atom is 0.259 e. The monoisotopic (exact) mass is 399 g/mol. The molecule has 6 nitrogen and oxygen atoms in total. The van der Waals surface area contributed by atoms with Gasteiger partial charge in [0.05, 0.1) is 25.1 Å². The van der Waals surface area contributed by atoms with Gasteiger partial charge in [0.2, 0.25) is 5.88 Å². The van der Waals surface area contributed by atoms with Gasteiger partial charge in [0.15, 0.2) is 0 Å². The van der Waals surface area contributed by atoms with Crippen LogP contribution in [0.3, 0.4) is 0 Å². The fourth-order valence-electron chi connectivity index (χ4n) is 3.78. The van der Waals surface area contributed by atoms with Crippen LogP contribution >= 0.6 is 0 Å². The summed E-state index contributed by atoms with van der Waals surface area (Å²) in [6.45, 7) is 2.25. The molecule has 0 amide bonds. The number of hydrogen-bond acceptors (Lipinski definition) is 5. The van der Waals surface area contributed by atoms with Crippen LogP contribution in [0.2, 0.25) is 0 Å². The molecular weight excluding hydrogens is 378 g/mol. The lowest BCUT2D eigenvalue weighted by Crippen LogP contribution is -2.33. The molecule has 0 fully saturated rings. The van der Waals surface area contributed by atoms with E-state index < -0.39 is 5.92 Å². The maximum atomic E-state index is 13.6. The van der Waals surface area contributed by atoms with Gasteiger partial charge in [-0.05, 0) is 30.2 Å². The van der Waals surface area contributed by atoms with Crippen molar-refractivity contribution < 1.29 is 9.47 Å². The van der Waals surface area contributed by atoms with Gasteiger partial charge in [0.25, 0.3) is 5.56 Å². The lowest BCUT2D eigenvalue weighted by Gasteiger charge is -2.27. The molecule has 0 aliphatic carbocycles. The Labute approximate surface area is 174 Å². The number of benzene rings is 2. The molecule has 3 aromatic rings. The summed E-state index contributed by atoms with van der Waals surface area (Å²) in [4.78, 5) is 13.6. The molecule has 2 N–H and O–H groups in total. The molecule has 6 heteroatoms. The fourth-order valence-corrected chi connectivity index (χ4v) is 3.78. The average Bonchev–Trinajstić information content (AvgIpc) is 2.76. The zero-order valence-corrected chi connectivity index (χ0v) is 16.8. The molecule has 4 rings (SSSR count). The van der Waals surface area contributed by atoms with Crippen LogP contribution < -0.4 is 20.8 Å². The van der Waals surface area contributed by atoms with Crippen LogP contribution in [0.4, 0.5) is 0 Å². The number of fused-ring (bicyclic) bond motifs is 1. The lowest BCUT2D eigenvalue weighted by atomic mass is 9.84. The van der Waals surface area contributed by atoms with E-state index in [1.54, 1.807) is 17.7 Å². The van der Waals surface area contributed by atoms with Gasteiger partial charge in [0, 0.05) is 11.8 Å². The Morgan fingerprint density at radius 3 is 2.50 bits per heavy atom. The minimum atomic E-state index is -0.574. The number of nitrogens with zero attached hydrogens (tertiary/aromatic N) is 2. The van der Waals surface area contributed by atoms with Crippen molar-refractivity contribution in [1.82, 2.24) is 4.57 Å². The SMILES string of the molecule is COc1ccc(Cn2c(C)cc3c(c2=O)[C@@H](c2ccccc2)C(C#N)=C(N)O3)cc1. The van der Waals surface area contributed by atoms with Crippen LogP contribution in [-0.2, 0) is 6.54 Å². The van der Waals surface area contributed by atoms with Crippen LogP contribution in [-0.4, -0.2) is 11.7 Å². The van der Waals surface area contributed by atoms with E-state index >= 15 is 0 Å². The van der Waals surface area contributed by atoms with E-state index in [9.17, 15) is 10.1 Å². The molecule has 1 atom stereocenters. The van der Waals surface area contributed by atoms with Crippen molar-refractivity contribution in [3.05, 3.63) is 105 Å². The number of hydrogen-bond donors (Lipinski definition) is 1. The van der Waals surface area contributed by atoms with Crippen LogP contribution in [0.25, 0.3) is 0 Å². The predicted octanol–water partition coefficient (Wildman–Crippen LogP) is 3.43. The second kappa shape index (κ2) is 7.80.